The van der Waals surface area contributed by atoms with Crippen LogP contribution in [0.3, 0.4) is 0 Å². The molecule has 4 rings (SSSR count). The highest BCUT2D eigenvalue weighted by Crippen LogP contribution is 2.39. The number of rotatable bonds is 8. The Bertz CT molecular complexity index is 1310. The number of amides is 1. The van der Waals surface area contributed by atoms with Crippen LogP contribution >= 0.6 is 11.8 Å². The smallest absolute Gasteiger partial charge is 0.279 e. The quantitative estimate of drug-likeness (QED) is 0.294. The lowest BCUT2D eigenvalue weighted by atomic mass is 9.86. The molecule has 1 N–H and O–H groups in total. The molecule has 2 aromatic carbocycles. The number of nitrogens with zero attached hydrogens (tertiary/aromatic N) is 2. The number of carbonyl (C=O) groups excluding carboxylic acids is 1. The van der Waals surface area contributed by atoms with Crippen molar-refractivity contribution in [1.82, 2.24) is 9.55 Å². The highest BCUT2D eigenvalue weighted by Gasteiger charge is 2.32. The van der Waals surface area contributed by atoms with Crippen molar-refractivity contribution < 1.29 is 18.7 Å². The van der Waals surface area contributed by atoms with Gasteiger partial charge in [-0.2, -0.15) is 4.98 Å². The second-order valence-electron chi connectivity index (χ2n) is 7.72. The Labute approximate surface area is 200 Å². The number of hydrogen-bond donors (Lipinski definition) is 1. The first kappa shape index (κ1) is 23.6. The fourth-order valence-electron chi connectivity index (χ4n) is 3.88. The van der Waals surface area contributed by atoms with Gasteiger partial charge >= 0.3 is 0 Å². The molecule has 34 heavy (non-hydrogen) atoms. The summed E-state index contributed by atoms with van der Waals surface area (Å²) >= 11 is 1.23. The molecule has 0 bridgehead atoms. The summed E-state index contributed by atoms with van der Waals surface area (Å²) in [6, 6.07) is 11.8. The molecule has 2 heterocycles. The third-order valence-corrected chi connectivity index (χ3v) is 6.64. The summed E-state index contributed by atoms with van der Waals surface area (Å²) in [4.78, 5) is 30.0. The second kappa shape index (κ2) is 10.1. The number of aromatic nitrogens is 2. The molecule has 9 heteroatoms. The van der Waals surface area contributed by atoms with Crippen LogP contribution in [0.25, 0.3) is 0 Å². The van der Waals surface area contributed by atoms with Crippen molar-refractivity contribution in [2.24, 2.45) is 7.05 Å². The summed E-state index contributed by atoms with van der Waals surface area (Å²) in [5, 5.41) is 3.20. The minimum Gasteiger partial charge on any atom is -0.493 e. The van der Waals surface area contributed by atoms with Crippen LogP contribution in [0, 0.1) is 5.82 Å². The maximum Gasteiger partial charge on any atom is 0.279 e. The van der Waals surface area contributed by atoms with Crippen molar-refractivity contribution in [2.45, 2.75) is 23.2 Å². The van der Waals surface area contributed by atoms with E-state index in [1.807, 2.05) is 6.07 Å². The SMILES string of the molecule is C=CCOc1ccc(C2CC(=O)Nc3c2c(=O)nc(SCc2ccccc2F)n3C)cc1OC. The van der Waals surface area contributed by atoms with Gasteiger partial charge in [-0.1, -0.05) is 48.7 Å². The van der Waals surface area contributed by atoms with E-state index in [4.69, 9.17) is 9.47 Å². The van der Waals surface area contributed by atoms with E-state index >= 15 is 0 Å². The largest absolute Gasteiger partial charge is 0.493 e. The number of fused-ring (bicyclic) bond motifs is 1. The van der Waals surface area contributed by atoms with E-state index in [1.54, 1.807) is 48.0 Å². The van der Waals surface area contributed by atoms with E-state index in [-0.39, 0.29) is 18.1 Å². The monoisotopic (exact) mass is 481 g/mol. The number of ether oxygens (including phenoxy) is 2. The van der Waals surface area contributed by atoms with E-state index < -0.39 is 11.5 Å². The fourth-order valence-corrected chi connectivity index (χ4v) is 4.83. The van der Waals surface area contributed by atoms with Crippen molar-refractivity contribution in [1.29, 1.82) is 0 Å². The van der Waals surface area contributed by atoms with Crippen LogP contribution in [0.15, 0.2) is 65.1 Å². The summed E-state index contributed by atoms with van der Waals surface area (Å²) in [5.41, 5.74) is 1.22. The number of nitrogens with one attached hydrogen (secondary N) is 1. The van der Waals surface area contributed by atoms with E-state index in [0.717, 1.165) is 5.56 Å². The van der Waals surface area contributed by atoms with Gasteiger partial charge in [0.15, 0.2) is 16.7 Å². The van der Waals surface area contributed by atoms with Gasteiger partial charge in [-0.15, -0.1) is 0 Å². The first-order valence-corrected chi connectivity index (χ1v) is 11.6. The molecule has 3 aromatic rings. The Morgan fingerprint density at radius 2 is 2.06 bits per heavy atom. The Morgan fingerprint density at radius 3 is 2.79 bits per heavy atom. The van der Waals surface area contributed by atoms with E-state index in [0.29, 0.717) is 46.0 Å². The molecule has 1 aliphatic heterocycles. The standard InChI is InChI=1S/C25H24FN3O4S/c1-4-11-33-19-10-9-15(12-20(19)32-3)17-13-21(30)27-23-22(17)24(31)28-25(29(23)2)34-14-16-7-5-6-8-18(16)26/h4-10,12,17H,1,11,13-14H2,2-3H3,(H,27,30). The topological polar surface area (TPSA) is 82.5 Å². The van der Waals surface area contributed by atoms with Crippen molar-refractivity contribution in [3.05, 3.63) is 88.0 Å². The third kappa shape index (κ3) is 4.70. The zero-order chi connectivity index (χ0) is 24.2. The Morgan fingerprint density at radius 1 is 1.26 bits per heavy atom. The molecular formula is C25H24FN3O4S. The van der Waals surface area contributed by atoms with Gasteiger partial charge in [-0.25, -0.2) is 4.39 Å². The highest BCUT2D eigenvalue weighted by atomic mass is 32.2. The zero-order valence-corrected chi connectivity index (χ0v) is 19.7. The van der Waals surface area contributed by atoms with Gasteiger partial charge in [0.25, 0.3) is 5.56 Å². The number of benzene rings is 2. The number of thioether (sulfide) groups is 1. The van der Waals surface area contributed by atoms with Crippen molar-refractivity contribution in [3.8, 4) is 11.5 Å². The number of anilines is 1. The predicted molar refractivity (Wildman–Crippen MR) is 129 cm³/mol. The first-order valence-electron chi connectivity index (χ1n) is 10.6. The number of methoxy groups -OCH3 is 1. The highest BCUT2D eigenvalue weighted by molar-refractivity contribution is 7.98. The average molecular weight is 482 g/mol. The summed E-state index contributed by atoms with van der Waals surface area (Å²) in [5.74, 6) is 0.694. The molecule has 0 radical (unpaired) electrons. The van der Waals surface area contributed by atoms with Gasteiger partial charge in [0.2, 0.25) is 5.91 Å². The third-order valence-electron chi connectivity index (χ3n) is 5.56. The number of hydrogen-bond acceptors (Lipinski definition) is 6. The van der Waals surface area contributed by atoms with Crippen molar-refractivity contribution >= 4 is 23.5 Å². The number of halogens is 1. The molecule has 1 atom stereocenters. The lowest BCUT2D eigenvalue weighted by Crippen LogP contribution is -2.33. The summed E-state index contributed by atoms with van der Waals surface area (Å²) in [6.07, 6.45) is 1.73. The normalized spacial score (nSPS) is 14.8. The molecule has 1 aromatic heterocycles. The first-order chi connectivity index (χ1) is 16.4. The van der Waals surface area contributed by atoms with Gasteiger partial charge in [0, 0.05) is 25.1 Å². The van der Waals surface area contributed by atoms with Crippen LogP contribution in [-0.4, -0.2) is 29.2 Å². The van der Waals surface area contributed by atoms with Gasteiger partial charge in [0.05, 0.1) is 12.7 Å². The molecule has 0 saturated carbocycles. The van der Waals surface area contributed by atoms with Crippen molar-refractivity contribution in [3.63, 3.8) is 0 Å². The van der Waals surface area contributed by atoms with Crippen LogP contribution in [0.1, 0.15) is 29.0 Å². The van der Waals surface area contributed by atoms with Gasteiger partial charge in [0.1, 0.15) is 18.2 Å². The molecular weight excluding hydrogens is 457 g/mol. The maximum absolute atomic E-state index is 14.0. The molecule has 0 aliphatic carbocycles. The van der Waals surface area contributed by atoms with Gasteiger partial charge in [-0.3, -0.25) is 9.59 Å². The Balaban J connectivity index is 1.70. The molecule has 1 unspecified atom stereocenters. The predicted octanol–water partition coefficient (Wildman–Crippen LogP) is 4.26. The second-order valence-corrected chi connectivity index (χ2v) is 8.66. The lowest BCUT2D eigenvalue weighted by Gasteiger charge is -2.28. The Kier molecular flexibility index (Phi) is 7.02. The Hall–Kier alpha value is -3.59. The molecule has 1 aliphatic rings. The van der Waals surface area contributed by atoms with Crippen LogP contribution < -0.4 is 20.3 Å². The van der Waals surface area contributed by atoms with Gasteiger partial charge < -0.3 is 19.4 Å². The summed E-state index contributed by atoms with van der Waals surface area (Å²) < 4.78 is 26.7. The maximum atomic E-state index is 14.0. The van der Waals surface area contributed by atoms with Crippen molar-refractivity contribution in [2.75, 3.05) is 19.0 Å². The molecule has 176 valence electrons. The fraction of sp³-hybridized carbons (Fsp3) is 0.240. The van der Waals surface area contributed by atoms with Crippen LogP contribution in [-0.2, 0) is 17.6 Å². The summed E-state index contributed by atoms with van der Waals surface area (Å²) in [7, 11) is 3.26. The number of carbonyl (C=O) groups is 1. The zero-order valence-electron chi connectivity index (χ0n) is 18.8. The molecule has 0 saturated heterocycles. The van der Waals surface area contributed by atoms with Crippen LogP contribution in [0.4, 0.5) is 10.2 Å². The van der Waals surface area contributed by atoms with E-state index in [2.05, 4.69) is 16.9 Å². The molecule has 7 nitrogen and oxygen atoms in total. The molecule has 0 spiro atoms. The minimum atomic E-state index is -0.497. The minimum absolute atomic E-state index is 0.0989. The molecule has 0 fully saturated rings. The molecule has 1 amide bonds. The lowest BCUT2D eigenvalue weighted by molar-refractivity contribution is -0.116. The summed E-state index contributed by atoms with van der Waals surface area (Å²) in [6.45, 7) is 3.96. The van der Waals surface area contributed by atoms with Crippen LogP contribution in [0.2, 0.25) is 0 Å². The van der Waals surface area contributed by atoms with E-state index in [1.165, 1.54) is 24.9 Å². The average Bonchev–Trinajstić information content (AvgIpc) is 2.84. The van der Waals surface area contributed by atoms with Gasteiger partial charge in [-0.05, 0) is 29.3 Å². The van der Waals surface area contributed by atoms with Crippen LogP contribution in [0.5, 0.6) is 11.5 Å². The van der Waals surface area contributed by atoms with E-state index in [9.17, 15) is 14.0 Å².